The average molecular weight is 375 g/mol. The number of ether oxygens (including phenoxy) is 1. The van der Waals surface area contributed by atoms with Gasteiger partial charge in [0.15, 0.2) is 0 Å². The number of hydrogen-bond acceptors (Lipinski definition) is 4. The molecule has 2 aromatic carbocycles. The zero-order valence-corrected chi connectivity index (χ0v) is 14.9. The number of anilines is 2. The molecule has 0 unspecified atom stereocenters. The molecular weight excluding hydrogens is 360 g/mol. The molecule has 25 heavy (non-hydrogen) atoms. The van der Waals surface area contributed by atoms with Crippen LogP contribution in [0.1, 0.15) is 9.67 Å². The predicted octanol–water partition coefficient (Wildman–Crippen LogP) is 4.39. The summed E-state index contributed by atoms with van der Waals surface area (Å²) >= 11 is 7.67. The van der Waals surface area contributed by atoms with Crippen molar-refractivity contribution in [3.05, 3.63) is 58.4 Å². The van der Waals surface area contributed by atoms with Crippen molar-refractivity contribution in [2.75, 3.05) is 24.4 Å². The molecule has 0 aliphatic heterocycles. The van der Waals surface area contributed by atoms with Gasteiger partial charge in [0.25, 0.3) is 5.91 Å². The number of hydrogen-bond donors (Lipinski definition) is 2. The van der Waals surface area contributed by atoms with Gasteiger partial charge in [-0.05, 0) is 24.3 Å². The highest BCUT2D eigenvalue weighted by Gasteiger charge is 2.17. The van der Waals surface area contributed by atoms with Crippen LogP contribution in [0.5, 0.6) is 0 Å². The lowest BCUT2D eigenvalue weighted by Crippen LogP contribution is -2.17. The van der Waals surface area contributed by atoms with Gasteiger partial charge < -0.3 is 15.4 Å². The predicted molar refractivity (Wildman–Crippen MR) is 102 cm³/mol. The first-order chi connectivity index (χ1) is 12.1. The van der Waals surface area contributed by atoms with Crippen LogP contribution in [0.25, 0.3) is 10.1 Å². The minimum Gasteiger partial charge on any atom is -0.375 e. The first-order valence-corrected chi connectivity index (χ1v) is 8.65. The zero-order chi connectivity index (χ0) is 17.8. The van der Waals surface area contributed by atoms with Crippen LogP contribution in [0.4, 0.5) is 11.4 Å². The molecule has 128 valence electrons. The summed E-state index contributed by atoms with van der Waals surface area (Å²) in [4.78, 5) is 24.6. The highest BCUT2D eigenvalue weighted by molar-refractivity contribution is 7.21. The normalized spacial score (nSPS) is 10.6. The summed E-state index contributed by atoms with van der Waals surface area (Å²) in [6.07, 6.45) is 0. The van der Waals surface area contributed by atoms with Crippen molar-refractivity contribution in [3.8, 4) is 0 Å². The fourth-order valence-corrected chi connectivity index (χ4v) is 3.76. The van der Waals surface area contributed by atoms with E-state index >= 15 is 0 Å². The topological polar surface area (TPSA) is 67.4 Å². The molecule has 0 aliphatic carbocycles. The van der Waals surface area contributed by atoms with E-state index < -0.39 is 0 Å². The van der Waals surface area contributed by atoms with Crippen molar-refractivity contribution in [1.29, 1.82) is 0 Å². The summed E-state index contributed by atoms with van der Waals surface area (Å²) < 4.78 is 5.73. The van der Waals surface area contributed by atoms with Crippen LogP contribution < -0.4 is 10.6 Å². The lowest BCUT2D eigenvalue weighted by atomic mass is 10.2. The molecule has 2 N–H and O–H groups in total. The van der Waals surface area contributed by atoms with Gasteiger partial charge in [-0.1, -0.05) is 35.9 Å². The molecule has 1 aromatic heterocycles. The van der Waals surface area contributed by atoms with E-state index in [4.69, 9.17) is 16.3 Å². The maximum atomic E-state index is 12.5. The van der Waals surface area contributed by atoms with E-state index in [9.17, 15) is 9.59 Å². The Morgan fingerprint density at radius 3 is 2.52 bits per heavy atom. The summed E-state index contributed by atoms with van der Waals surface area (Å²) in [7, 11) is 1.45. The van der Waals surface area contributed by atoms with Crippen LogP contribution >= 0.6 is 22.9 Å². The Morgan fingerprint density at radius 1 is 1.08 bits per heavy atom. The monoisotopic (exact) mass is 374 g/mol. The fraction of sp³-hybridized carbons (Fsp3) is 0.111. The van der Waals surface area contributed by atoms with Crippen molar-refractivity contribution in [1.82, 2.24) is 0 Å². The molecule has 3 aromatic rings. The number of thiophene rings is 1. The van der Waals surface area contributed by atoms with E-state index in [0.717, 1.165) is 10.1 Å². The molecule has 5 nitrogen and oxygen atoms in total. The molecule has 7 heteroatoms. The minimum atomic E-state index is -0.286. The summed E-state index contributed by atoms with van der Waals surface area (Å²) in [6.45, 7) is -0.0338. The average Bonchev–Trinajstić information content (AvgIpc) is 2.93. The van der Waals surface area contributed by atoms with Gasteiger partial charge in [0.2, 0.25) is 5.91 Å². The Balaban J connectivity index is 1.78. The SMILES string of the molecule is COCC(=O)Nc1cccc(NC(=O)c2sc3ccccc3c2Cl)c1. The van der Waals surface area contributed by atoms with Crippen LogP contribution in [0, 0.1) is 0 Å². The third-order valence-corrected chi connectivity index (χ3v) is 5.09. The second kappa shape index (κ2) is 7.65. The molecule has 0 fully saturated rings. The van der Waals surface area contributed by atoms with Crippen LogP contribution in [-0.4, -0.2) is 25.5 Å². The van der Waals surface area contributed by atoms with Crippen molar-refractivity contribution >= 4 is 56.2 Å². The van der Waals surface area contributed by atoms with Crippen molar-refractivity contribution in [2.45, 2.75) is 0 Å². The van der Waals surface area contributed by atoms with Gasteiger partial charge >= 0.3 is 0 Å². The smallest absolute Gasteiger partial charge is 0.267 e. The summed E-state index contributed by atoms with van der Waals surface area (Å²) in [5, 5.41) is 6.81. The molecule has 0 atom stereocenters. The van der Waals surface area contributed by atoms with E-state index in [2.05, 4.69) is 10.6 Å². The van der Waals surface area contributed by atoms with Crippen molar-refractivity contribution < 1.29 is 14.3 Å². The van der Waals surface area contributed by atoms with E-state index in [1.807, 2.05) is 24.3 Å². The molecule has 0 aliphatic rings. The van der Waals surface area contributed by atoms with Crippen LogP contribution in [0.15, 0.2) is 48.5 Å². The van der Waals surface area contributed by atoms with Gasteiger partial charge in [-0.15, -0.1) is 11.3 Å². The molecule has 0 bridgehead atoms. The third-order valence-electron chi connectivity index (χ3n) is 3.42. The minimum absolute atomic E-state index is 0.0338. The number of nitrogens with one attached hydrogen (secondary N) is 2. The lowest BCUT2D eigenvalue weighted by molar-refractivity contribution is -0.119. The van der Waals surface area contributed by atoms with Crippen LogP contribution in [0.3, 0.4) is 0 Å². The number of fused-ring (bicyclic) bond motifs is 1. The van der Waals surface area contributed by atoms with Gasteiger partial charge in [-0.3, -0.25) is 9.59 Å². The quantitative estimate of drug-likeness (QED) is 0.695. The number of halogens is 1. The molecule has 2 amide bonds. The Hall–Kier alpha value is -2.41. The zero-order valence-electron chi connectivity index (χ0n) is 13.3. The van der Waals surface area contributed by atoms with E-state index in [1.54, 1.807) is 24.3 Å². The Kier molecular flexibility index (Phi) is 5.33. The standard InChI is InChI=1S/C18H15ClN2O3S/c1-24-10-15(22)20-11-5-4-6-12(9-11)21-18(23)17-16(19)13-7-2-3-8-14(13)25-17/h2-9H,10H2,1H3,(H,20,22)(H,21,23). The van der Waals surface area contributed by atoms with Gasteiger partial charge in [-0.2, -0.15) is 0 Å². The summed E-state index contributed by atoms with van der Waals surface area (Å²) in [6, 6.07) is 14.5. The third kappa shape index (κ3) is 3.99. The molecule has 0 spiro atoms. The van der Waals surface area contributed by atoms with E-state index in [1.165, 1.54) is 18.4 Å². The Morgan fingerprint density at radius 2 is 1.80 bits per heavy atom. The molecule has 0 radical (unpaired) electrons. The number of carbonyl (C=O) groups is 2. The lowest BCUT2D eigenvalue weighted by Gasteiger charge is -2.08. The molecular formula is C18H15ClN2O3S. The Bertz CT molecular complexity index is 939. The second-order valence-electron chi connectivity index (χ2n) is 5.26. The van der Waals surface area contributed by atoms with Crippen LogP contribution in [-0.2, 0) is 9.53 Å². The maximum Gasteiger partial charge on any atom is 0.267 e. The van der Waals surface area contributed by atoms with Crippen molar-refractivity contribution in [3.63, 3.8) is 0 Å². The fourth-order valence-electron chi connectivity index (χ4n) is 2.35. The highest BCUT2D eigenvalue weighted by atomic mass is 35.5. The first kappa shape index (κ1) is 17.4. The number of rotatable bonds is 5. The molecule has 3 rings (SSSR count). The van der Waals surface area contributed by atoms with E-state index in [-0.39, 0.29) is 18.4 Å². The van der Waals surface area contributed by atoms with Gasteiger partial charge in [0.05, 0.1) is 5.02 Å². The number of benzene rings is 2. The maximum absolute atomic E-state index is 12.5. The number of carbonyl (C=O) groups excluding carboxylic acids is 2. The van der Waals surface area contributed by atoms with Crippen LogP contribution in [0.2, 0.25) is 5.02 Å². The van der Waals surface area contributed by atoms with Crippen molar-refractivity contribution in [2.24, 2.45) is 0 Å². The largest absolute Gasteiger partial charge is 0.375 e. The first-order valence-electron chi connectivity index (χ1n) is 7.45. The summed E-state index contributed by atoms with van der Waals surface area (Å²) in [5.74, 6) is -0.551. The van der Waals surface area contributed by atoms with Gasteiger partial charge in [0.1, 0.15) is 11.5 Å². The Labute approximate surface area is 153 Å². The number of methoxy groups -OCH3 is 1. The summed E-state index contributed by atoms with van der Waals surface area (Å²) in [5.41, 5.74) is 1.14. The van der Waals surface area contributed by atoms with E-state index in [0.29, 0.717) is 21.3 Å². The second-order valence-corrected chi connectivity index (χ2v) is 6.69. The molecule has 0 saturated heterocycles. The van der Waals surface area contributed by atoms with Gasteiger partial charge in [-0.25, -0.2) is 0 Å². The van der Waals surface area contributed by atoms with Gasteiger partial charge in [0, 0.05) is 28.6 Å². The molecule has 0 saturated carbocycles. The molecule has 1 heterocycles. The number of amides is 2. The highest BCUT2D eigenvalue weighted by Crippen LogP contribution is 2.35.